The summed E-state index contributed by atoms with van der Waals surface area (Å²) in [6, 6.07) is 4.89. The van der Waals surface area contributed by atoms with E-state index in [4.69, 9.17) is 11.6 Å². The van der Waals surface area contributed by atoms with Crippen LogP contribution in [0.4, 0.5) is 5.69 Å². The van der Waals surface area contributed by atoms with E-state index in [1.807, 2.05) is 6.92 Å². The molecule has 17 heavy (non-hydrogen) atoms. The number of hydrogen-bond acceptors (Lipinski definition) is 3. The number of fused-ring (bicyclic) bond motifs is 1. The third kappa shape index (κ3) is 2.18. The molecule has 1 amide bonds. The molecule has 0 aromatic heterocycles. The lowest BCUT2D eigenvalue weighted by Crippen LogP contribution is -2.36. The molecule has 2 rings (SSSR count). The molecular formula is C12H13ClN2O2. The van der Waals surface area contributed by atoms with Gasteiger partial charge in [-0.2, -0.15) is 0 Å². The van der Waals surface area contributed by atoms with Crippen LogP contribution in [0, 0.1) is 0 Å². The van der Waals surface area contributed by atoms with Crippen LogP contribution in [0.5, 0.6) is 0 Å². The second-order valence-electron chi connectivity index (χ2n) is 3.80. The van der Waals surface area contributed by atoms with Gasteiger partial charge in [0.25, 0.3) is 11.7 Å². The smallest absolute Gasteiger partial charge is 0.299 e. The van der Waals surface area contributed by atoms with Crippen molar-refractivity contribution < 1.29 is 9.59 Å². The summed E-state index contributed by atoms with van der Waals surface area (Å²) in [5, 5.41) is 3.65. The van der Waals surface area contributed by atoms with Crippen LogP contribution in [0.15, 0.2) is 18.2 Å². The largest absolute Gasteiger partial charge is 0.315 e. The van der Waals surface area contributed by atoms with Crippen LogP contribution in [0.3, 0.4) is 0 Å². The van der Waals surface area contributed by atoms with Crippen molar-refractivity contribution in [3.05, 3.63) is 28.8 Å². The first-order valence-corrected chi connectivity index (χ1v) is 5.89. The molecule has 1 aromatic carbocycles. The van der Waals surface area contributed by atoms with Gasteiger partial charge in [-0.3, -0.25) is 9.59 Å². The standard InChI is InChI=1S/C12H13ClN2O2/c1-2-14-5-6-15-10-7-8(13)3-4-9(10)11(16)12(15)17/h3-4,7,14H,2,5-6H2,1H3. The maximum absolute atomic E-state index is 11.8. The van der Waals surface area contributed by atoms with Gasteiger partial charge in [0.05, 0.1) is 11.3 Å². The van der Waals surface area contributed by atoms with Crippen molar-refractivity contribution in [2.45, 2.75) is 6.92 Å². The number of halogens is 1. The molecule has 0 spiro atoms. The van der Waals surface area contributed by atoms with Crippen LogP contribution >= 0.6 is 11.6 Å². The number of amides is 1. The first kappa shape index (κ1) is 12.1. The zero-order valence-electron chi connectivity index (χ0n) is 9.50. The Kier molecular flexibility index (Phi) is 3.45. The number of nitrogens with zero attached hydrogens (tertiary/aromatic N) is 1. The molecule has 90 valence electrons. The lowest BCUT2D eigenvalue weighted by atomic mass is 10.1. The Morgan fingerprint density at radius 2 is 2.12 bits per heavy atom. The Morgan fingerprint density at radius 3 is 2.82 bits per heavy atom. The second kappa shape index (κ2) is 4.85. The van der Waals surface area contributed by atoms with Crippen molar-refractivity contribution in [2.75, 3.05) is 24.5 Å². The molecule has 1 heterocycles. The van der Waals surface area contributed by atoms with Crippen LogP contribution in [-0.4, -0.2) is 31.3 Å². The fourth-order valence-electron chi connectivity index (χ4n) is 1.86. The van der Waals surface area contributed by atoms with Gasteiger partial charge < -0.3 is 10.2 Å². The zero-order chi connectivity index (χ0) is 12.4. The number of likely N-dealkylation sites (N-methyl/N-ethyl adjacent to an activating group) is 1. The number of benzene rings is 1. The third-order valence-corrected chi connectivity index (χ3v) is 2.93. The number of ketones is 1. The number of anilines is 1. The second-order valence-corrected chi connectivity index (χ2v) is 4.24. The predicted octanol–water partition coefficient (Wildman–Crippen LogP) is 1.48. The van der Waals surface area contributed by atoms with E-state index in [-0.39, 0.29) is 0 Å². The van der Waals surface area contributed by atoms with E-state index >= 15 is 0 Å². The lowest BCUT2D eigenvalue weighted by molar-refractivity contribution is -0.114. The monoisotopic (exact) mass is 252 g/mol. The maximum atomic E-state index is 11.8. The summed E-state index contributed by atoms with van der Waals surface area (Å²) in [5.74, 6) is -0.923. The highest BCUT2D eigenvalue weighted by Crippen LogP contribution is 2.31. The number of carbonyl (C=O) groups is 2. The van der Waals surface area contributed by atoms with Gasteiger partial charge in [-0.25, -0.2) is 0 Å². The molecular weight excluding hydrogens is 240 g/mol. The molecule has 5 heteroatoms. The fourth-order valence-corrected chi connectivity index (χ4v) is 2.02. The topological polar surface area (TPSA) is 49.4 Å². The minimum Gasteiger partial charge on any atom is -0.315 e. The van der Waals surface area contributed by atoms with Crippen LogP contribution in [0.25, 0.3) is 0 Å². The minimum atomic E-state index is -0.472. The molecule has 0 aliphatic carbocycles. The van der Waals surface area contributed by atoms with E-state index in [0.29, 0.717) is 29.4 Å². The van der Waals surface area contributed by atoms with Gasteiger partial charge in [-0.05, 0) is 24.7 Å². The summed E-state index contributed by atoms with van der Waals surface area (Å²) in [4.78, 5) is 24.9. The molecule has 0 bridgehead atoms. The van der Waals surface area contributed by atoms with E-state index in [2.05, 4.69) is 5.32 Å². The first-order valence-electron chi connectivity index (χ1n) is 5.51. The molecule has 4 nitrogen and oxygen atoms in total. The van der Waals surface area contributed by atoms with Gasteiger partial charge in [0.15, 0.2) is 0 Å². The maximum Gasteiger partial charge on any atom is 0.299 e. The summed E-state index contributed by atoms with van der Waals surface area (Å²) in [6.07, 6.45) is 0. The molecule has 0 unspecified atom stereocenters. The number of rotatable bonds is 4. The molecule has 1 aliphatic heterocycles. The summed E-state index contributed by atoms with van der Waals surface area (Å²) in [7, 11) is 0. The molecule has 1 N–H and O–H groups in total. The van der Waals surface area contributed by atoms with Crippen LogP contribution in [0.2, 0.25) is 5.02 Å². The highest BCUT2D eigenvalue weighted by Gasteiger charge is 2.35. The number of Topliss-reactive ketones (excluding diaryl/α,β-unsaturated/α-hetero) is 1. The van der Waals surface area contributed by atoms with Crippen molar-refractivity contribution in [1.82, 2.24) is 5.32 Å². The summed E-state index contributed by atoms with van der Waals surface area (Å²) >= 11 is 5.88. The molecule has 0 fully saturated rings. The highest BCUT2D eigenvalue weighted by atomic mass is 35.5. The van der Waals surface area contributed by atoms with Gasteiger partial charge in [0, 0.05) is 18.1 Å². The van der Waals surface area contributed by atoms with E-state index in [0.717, 1.165) is 6.54 Å². The van der Waals surface area contributed by atoms with E-state index in [1.165, 1.54) is 4.90 Å². The van der Waals surface area contributed by atoms with Crippen molar-refractivity contribution in [1.29, 1.82) is 0 Å². The van der Waals surface area contributed by atoms with Crippen LogP contribution in [0.1, 0.15) is 17.3 Å². The Hall–Kier alpha value is -1.39. The average Bonchev–Trinajstić information content (AvgIpc) is 2.54. The molecule has 1 aromatic rings. The molecule has 1 aliphatic rings. The van der Waals surface area contributed by atoms with Crippen molar-refractivity contribution in [2.24, 2.45) is 0 Å². The minimum absolute atomic E-state index is 0.441. The Bertz CT molecular complexity index is 474. The fraction of sp³-hybridized carbons (Fsp3) is 0.333. The van der Waals surface area contributed by atoms with Gasteiger partial charge in [-0.1, -0.05) is 18.5 Å². The van der Waals surface area contributed by atoms with Gasteiger partial charge in [0.1, 0.15) is 0 Å². The quantitative estimate of drug-likeness (QED) is 0.652. The van der Waals surface area contributed by atoms with Crippen molar-refractivity contribution in [3.63, 3.8) is 0 Å². The lowest BCUT2D eigenvalue weighted by Gasteiger charge is -2.16. The highest BCUT2D eigenvalue weighted by molar-refractivity contribution is 6.52. The summed E-state index contributed by atoms with van der Waals surface area (Å²) < 4.78 is 0. The van der Waals surface area contributed by atoms with E-state index in [1.54, 1.807) is 18.2 Å². The molecule has 0 saturated carbocycles. The van der Waals surface area contributed by atoms with Crippen molar-refractivity contribution >= 4 is 29.0 Å². The number of hydrogen-bond donors (Lipinski definition) is 1. The van der Waals surface area contributed by atoms with E-state index < -0.39 is 11.7 Å². The van der Waals surface area contributed by atoms with Crippen molar-refractivity contribution in [3.8, 4) is 0 Å². The number of carbonyl (C=O) groups excluding carboxylic acids is 2. The summed E-state index contributed by atoms with van der Waals surface area (Å²) in [6.45, 7) is 3.95. The third-order valence-electron chi connectivity index (χ3n) is 2.70. The SMILES string of the molecule is CCNCCN1C(=O)C(=O)c2ccc(Cl)cc21. The van der Waals surface area contributed by atoms with Gasteiger partial charge in [0.2, 0.25) is 0 Å². The first-order chi connectivity index (χ1) is 8.15. The Labute approximate surface area is 105 Å². The van der Waals surface area contributed by atoms with Gasteiger partial charge >= 0.3 is 0 Å². The number of nitrogens with one attached hydrogen (secondary N) is 1. The normalized spacial score (nSPS) is 14.4. The molecule has 0 atom stereocenters. The molecule has 0 radical (unpaired) electrons. The van der Waals surface area contributed by atoms with Crippen LogP contribution in [-0.2, 0) is 4.79 Å². The van der Waals surface area contributed by atoms with Crippen LogP contribution < -0.4 is 10.2 Å². The molecule has 0 saturated heterocycles. The van der Waals surface area contributed by atoms with E-state index in [9.17, 15) is 9.59 Å². The Morgan fingerprint density at radius 1 is 1.35 bits per heavy atom. The van der Waals surface area contributed by atoms with Gasteiger partial charge in [-0.15, -0.1) is 0 Å². The average molecular weight is 253 g/mol. The predicted molar refractivity (Wildman–Crippen MR) is 66.7 cm³/mol. The summed E-state index contributed by atoms with van der Waals surface area (Å²) in [5.41, 5.74) is 1.06. The zero-order valence-corrected chi connectivity index (χ0v) is 10.3. The Balaban J connectivity index is 2.26.